The first-order chi connectivity index (χ1) is 15.6. The molecule has 0 aliphatic heterocycles. The number of rotatable bonds is 8. The van der Waals surface area contributed by atoms with Gasteiger partial charge in [0.25, 0.3) is 0 Å². The number of nitrogens with one attached hydrogen (secondary N) is 1. The van der Waals surface area contributed by atoms with Crippen molar-refractivity contribution in [2.75, 3.05) is 17.1 Å². The number of nitrogens with zero attached hydrogens (tertiary/aromatic N) is 2. The fourth-order valence-corrected chi connectivity index (χ4v) is 4.80. The molecular weight excluding hydrogens is 521 g/mol. The van der Waals surface area contributed by atoms with E-state index >= 15 is 0 Å². The molecule has 0 unspecified atom stereocenters. The monoisotopic (exact) mass is 547 g/mol. The molecule has 2 aromatic carbocycles. The Hall–Kier alpha value is -2.00. The number of halogens is 3. The van der Waals surface area contributed by atoms with Crippen molar-refractivity contribution in [2.45, 2.75) is 45.8 Å². The first-order valence-electron chi connectivity index (χ1n) is 10.4. The number of sulfonamides is 1. The molecular formula is C23H28Cl3N3O4S. The predicted molar refractivity (Wildman–Crippen MR) is 138 cm³/mol. The minimum absolute atomic E-state index is 0.0457. The average molecular weight is 549 g/mol. The average Bonchev–Trinajstić information content (AvgIpc) is 2.68. The summed E-state index contributed by atoms with van der Waals surface area (Å²) >= 11 is 18.3. The molecule has 2 aromatic rings. The Labute approximate surface area is 216 Å². The van der Waals surface area contributed by atoms with Gasteiger partial charge in [-0.15, -0.1) is 0 Å². The third-order valence-corrected chi connectivity index (χ3v) is 6.66. The number of carbonyl (C=O) groups is 2. The van der Waals surface area contributed by atoms with Crippen LogP contribution in [0.3, 0.4) is 0 Å². The molecule has 0 aliphatic rings. The summed E-state index contributed by atoms with van der Waals surface area (Å²) in [7, 11) is -3.90. The molecule has 2 rings (SSSR count). The lowest BCUT2D eigenvalue weighted by Crippen LogP contribution is -2.54. The van der Waals surface area contributed by atoms with Crippen LogP contribution in [0, 0.1) is 0 Å². The van der Waals surface area contributed by atoms with E-state index < -0.39 is 34.1 Å². The number of anilines is 1. The highest BCUT2D eigenvalue weighted by Crippen LogP contribution is 2.30. The highest BCUT2D eigenvalue weighted by atomic mass is 35.5. The van der Waals surface area contributed by atoms with Crippen LogP contribution < -0.4 is 9.62 Å². The highest BCUT2D eigenvalue weighted by Gasteiger charge is 2.32. The minimum atomic E-state index is -3.90. The Kier molecular flexibility index (Phi) is 9.27. The van der Waals surface area contributed by atoms with Crippen LogP contribution in [0.2, 0.25) is 15.1 Å². The van der Waals surface area contributed by atoms with Gasteiger partial charge in [0.15, 0.2) is 0 Å². The summed E-state index contributed by atoms with van der Waals surface area (Å²) in [6, 6.07) is 10.3. The SMILES string of the molecule is C[C@H](C(=O)NC(C)(C)C)N(Cc1cccc(Cl)c1)C(=O)CN(c1ccc(Cl)cc1Cl)S(C)(=O)=O. The van der Waals surface area contributed by atoms with Gasteiger partial charge in [-0.3, -0.25) is 13.9 Å². The summed E-state index contributed by atoms with van der Waals surface area (Å²) < 4.78 is 26.1. The predicted octanol–water partition coefficient (Wildman–Crippen LogP) is 4.74. The summed E-state index contributed by atoms with van der Waals surface area (Å²) in [5.74, 6) is -0.966. The first kappa shape index (κ1) is 28.2. The van der Waals surface area contributed by atoms with Gasteiger partial charge in [-0.25, -0.2) is 8.42 Å². The van der Waals surface area contributed by atoms with E-state index in [1.54, 1.807) is 31.2 Å². The summed E-state index contributed by atoms with van der Waals surface area (Å²) in [4.78, 5) is 27.7. The highest BCUT2D eigenvalue weighted by molar-refractivity contribution is 7.92. The zero-order valence-electron chi connectivity index (χ0n) is 19.6. The second kappa shape index (κ2) is 11.2. The van der Waals surface area contributed by atoms with Crippen LogP contribution in [0.1, 0.15) is 33.3 Å². The van der Waals surface area contributed by atoms with Crippen molar-refractivity contribution in [1.82, 2.24) is 10.2 Å². The molecule has 0 aromatic heterocycles. The van der Waals surface area contributed by atoms with E-state index in [0.29, 0.717) is 15.6 Å². The molecule has 0 fully saturated rings. The zero-order chi connectivity index (χ0) is 25.8. The van der Waals surface area contributed by atoms with Gasteiger partial charge in [0.05, 0.1) is 17.0 Å². The van der Waals surface area contributed by atoms with Crippen molar-refractivity contribution in [3.63, 3.8) is 0 Å². The van der Waals surface area contributed by atoms with Crippen LogP contribution in [0.5, 0.6) is 0 Å². The molecule has 0 bridgehead atoms. The van der Waals surface area contributed by atoms with Gasteiger partial charge in [-0.2, -0.15) is 0 Å². The molecule has 0 saturated heterocycles. The van der Waals surface area contributed by atoms with Crippen LogP contribution in [0.15, 0.2) is 42.5 Å². The first-order valence-corrected chi connectivity index (χ1v) is 13.4. The number of hydrogen-bond donors (Lipinski definition) is 1. The van der Waals surface area contributed by atoms with E-state index in [0.717, 1.165) is 10.6 Å². The van der Waals surface area contributed by atoms with E-state index in [1.165, 1.54) is 23.1 Å². The van der Waals surface area contributed by atoms with E-state index in [4.69, 9.17) is 34.8 Å². The molecule has 1 N–H and O–H groups in total. The molecule has 186 valence electrons. The number of hydrogen-bond acceptors (Lipinski definition) is 4. The quantitative estimate of drug-likeness (QED) is 0.516. The van der Waals surface area contributed by atoms with Crippen molar-refractivity contribution in [3.8, 4) is 0 Å². The summed E-state index contributed by atoms with van der Waals surface area (Å²) in [6.07, 6.45) is 0.974. The standard InChI is InChI=1S/C23H28Cl3N3O4S/c1-15(22(31)27-23(2,3)4)28(13-16-7-6-8-17(24)11-16)21(30)14-29(34(5,32)33)20-10-9-18(25)12-19(20)26/h6-12,15H,13-14H2,1-5H3,(H,27,31)/t15-/m1/s1. The summed E-state index contributed by atoms with van der Waals surface area (Å²) in [6.45, 7) is 6.56. The number of carbonyl (C=O) groups excluding carboxylic acids is 2. The molecule has 0 heterocycles. The van der Waals surface area contributed by atoms with Crippen molar-refractivity contribution in [1.29, 1.82) is 0 Å². The normalized spacial score (nSPS) is 12.7. The second-order valence-corrected chi connectivity index (χ2v) is 12.1. The second-order valence-electron chi connectivity index (χ2n) is 8.93. The molecule has 1 atom stereocenters. The molecule has 2 amide bonds. The lowest BCUT2D eigenvalue weighted by atomic mass is 10.1. The third kappa shape index (κ3) is 8.05. The van der Waals surface area contributed by atoms with Gasteiger partial charge in [0.1, 0.15) is 12.6 Å². The maximum atomic E-state index is 13.5. The van der Waals surface area contributed by atoms with Gasteiger partial charge < -0.3 is 10.2 Å². The smallest absolute Gasteiger partial charge is 0.244 e. The number of amides is 2. The van der Waals surface area contributed by atoms with Crippen molar-refractivity contribution in [3.05, 3.63) is 63.1 Å². The fraction of sp³-hybridized carbons (Fsp3) is 0.391. The lowest BCUT2D eigenvalue weighted by molar-refractivity contribution is -0.140. The molecule has 0 radical (unpaired) electrons. The van der Waals surface area contributed by atoms with Gasteiger partial charge in [0.2, 0.25) is 21.8 Å². The Morgan fingerprint density at radius 2 is 1.65 bits per heavy atom. The van der Waals surface area contributed by atoms with E-state index in [2.05, 4.69) is 5.32 Å². The molecule has 0 spiro atoms. The van der Waals surface area contributed by atoms with Gasteiger partial charge in [-0.05, 0) is 63.6 Å². The lowest BCUT2D eigenvalue weighted by Gasteiger charge is -2.33. The van der Waals surface area contributed by atoms with Crippen LogP contribution in [-0.2, 0) is 26.2 Å². The van der Waals surface area contributed by atoms with Gasteiger partial charge >= 0.3 is 0 Å². The van der Waals surface area contributed by atoms with E-state index in [-0.39, 0.29) is 23.2 Å². The van der Waals surface area contributed by atoms with Gasteiger partial charge in [0, 0.05) is 22.1 Å². The molecule has 0 saturated carbocycles. The van der Waals surface area contributed by atoms with Crippen molar-refractivity contribution < 1.29 is 18.0 Å². The Morgan fingerprint density at radius 1 is 1.03 bits per heavy atom. The minimum Gasteiger partial charge on any atom is -0.350 e. The maximum absolute atomic E-state index is 13.5. The van der Waals surface area contributed by atoms with Crippen LogP contribution >= 0.6 is 34.8 Å². The Balaban J connectivity index is 2.44. The Bertz CT molecular complexity index is 1170. The maximum Gasteiger partial charge on any atom is 0.244 e. The van der Waals surface area contributed by atoms with Gasteiger partial charge in [-0.1, -0.05) is 46.9 Å². The summed E-state index contributed by atoms with van der Waals surface area (Å²) in [5.41, 5.74) is 0.272. The molecule has 11 heteroatoms. The van der Waals surface area contributed by atoms with E-state index in [9.17, 15) is 18.0 Å². The fourth-order valence-electron chi connectivity index (χ4n) is 3.17. The topological polar surface area (TPSA) is 86.8 Å². The molecule has 34 heavy (non-hydrogen) atoms. The van der Waals surface area contributed by atoms with Crippen LogP contribution in [0.4, 0.5) is 5.69 Å². The van der Waals surface area contributed by atoms with Crippen LogP contribution in [0.25, 0.3) is 0 Å². The molecule has 7 nitrogen and oxygen atoms in total. The molecule has 0 aliphatic carbocycles. The zero-order valence-corrected chi connectivity index (χ0v) is 22.7. The third-order valence-electron chi connectivity index (χ3n) is 4.77. The largest absolute Gasteiger partial charge is 0.350 e. The Morgan fingerprint density at radius 3 is 2.18 bits per heavy atom. The number of benzene rings is 2. The van der Waals surface area contributed by atoms with Crippen molar-refractivity contribution in [2.24, 2.45) is 0 Å². The van der Waals surface area contributed by atoms with Crippen molar-refractivity contribution >= 4 is 62.3 Å². The van der Waals surface area contributed by atoms with E-state index in [1.807, 2.05) is 20.8 Å². The van der Waals surface area contributed by atoms with Crippen LogP contribution in [-0.4, -0.2) is 49.5 Å². The summed E-state index contributed by atoms with van der Waals surface area (Å²) in [5, 5.41) is 3.73.